The van der Waals surface area contributed by atoms with E-state index >= 15 is 0 Å². The van der Waals surface area contributed by atoms with Crippen molar-refractivity contribution in [1.82, 2.24) is 0 Å². The van der Waals surface area contributed by atoms with Gasteiger partial charge in [0.1, 0.15) is 5.75 Å². The first-order valence-electron chi connectivity index (χ1n) is 5.63. The number of rotatable bonds is 3. The van der Waals surface area contributed by atoms with Crippen molar-refractivity contribution in [3.8, 4) is 5.75 Å². The molecule has 5 nitrogen and oxygen atoms in total. The molecule has 0 atom stereocenters. The molecule has 5 heteroatoms. The molecule has 0 amide bonds. The van der Waals surface area contributed by atoms with Crippen molar-refractivity contribution in [1.29, 1.82) is 0 Å². The van der Waals surface area contributed by atoms with Crippen molar-refractivity contribution < 1.29 is 14.8 Å². The number of phenols is 1. The summed E-state index contributed by atoms with van der Waals surface area (Å²) >= 11 is 0. The zero-order valence-corrected chi connectivity index (χ0v) is 11.0. The molecule has 0 fully saturated rings. The van der Waals surface area contributed by atoms with Crippen LogP contribution in [-0.2, 0) is 0 Å². The van der Waals surface area contributed by atoms with Crippen LogP contribution in [0.3, 0.4) is 0 Å². The van der Waals surface area contributed by atoms with E-state index in [2.05, 4.69) is 0 Å². The topological polar surface area (TPSA) is 80.4 Å². The van der Waals surface area contributed by atoms with Gasteiger partial charge >= 0.3 is 0 Å². The van der Waals surface area contributed by atoms with Crippen LogP contribution in [0.1, 0.15) is 43.1 Å². The Hall–Kier alpha value is -1.91. The molecule has 1 aromatic carbocycles. The predicted molar refractivity (Wildman–Crippen MR) is 67.9 cm³/mol. The largest absolute Gasteiger partial charge is 0.507 e. The molecule has 0 aliphatic carbocycles. The fourth-order valence-corrected chi connectivity index (χ4v) is 1.66. The van der Waals surface area contributed by atoms with Crippen LogP contribution in [0, 0.1) is 22.5 Å². The normalized spacial score (nSPS) is 11.3. The molecule has 0 aromatic heterocycles. The molecule has 0 saturated carbocycles. The maximum atomic E-state index is 12.0. The van der Waals surface area contributed by atoms with Gasteiger partial charge in [-0.15, -0.1) is 0 Å². The Morgan fingerprint density at radius 3 is 2.39 bits per heavy atom. The van der Waals surface area contributed by atoms with Crippen LogP contribution in [-0.4, -0.2) is 15.8 Å². The average Bonchev–Trinajstić information content (AvgIpc) is 2.18. The van der Waals surface area contributed by atoms with Crippen molar-refractivity contribution in [2.75, 3.05) is 0 Å². The number of aromatic hydroxyl groups is 1. The van der Waals surface area contributed by atoms with E-state index in [1.807, 2.05) is 20.8 Å². The highest BCUT2D eigenvalue weighted by Crippen LogP contribution is 2.31. The maximum absolute atomic E-state index is 12.0. The quantitative estimate of drug-likeness (QED) is 0.508. The average molecular weight is 251 g/mol. The zero-order valence-electron chi connectivity index (χ0n) is 11.0. The SMILES string of the molecule is Cc1cc([N+](=O)[O-])cc(C(=O)CC(C)(C)C)c1O. The van der Waals surface area contributed by atoms with E-state index in [1.54, 1.807) is 0 Å². The van der Waals surface area contributed by atoms with Gasteiger partial charge in [0.2, 0.25) is 0 Å². The maximum Gasteiger partial charge on any atom is 0.270 e. The Balaban J connectivity index is 3.23. The second-order valence-corrected chi connectivity index (χ2v) is 5.58. The number of phenolic OH excluding ortho intramolecular Hbond substituents is 1. The van der Waals surface area contributed by atoms with Crippen molar-refractivity contribution in [3.63, 3.8) is 0 Å². The zero-order chi connectivity index (χ0) is 14.1. The number of benzene rings is 1. The number of hydrogen-bond donors (Lipinski definition) is 1. The Bertz CT molecular complexity index is 500. The molecule has 0 radical (unpaired) electrons. The standard InChI is InChI=1S/C13H17NO4/c1-8-5-9(14(17)18)6-10(12(8)16)11(15)7-13(2,3)4/h5-6,16H,7H2,1-4H3. The first-order chi connectivity index (χ1) is 8.11. The number of nitrogens with zero attached hydrogens (tertiary/aromatic N) is 1. The number of carbonyl (C=O) groups is 1. The fraction of sp³-hybridized carbons (Fsp3) is 0.462. The highest BCUT2D eigenvalue weighted by Gasteiger charge is 2.23. The van der Waals surface area contributed by atoms with Gasteiger partial charge in [0.05, 0.1) is 10.5 Å². The van der Waals surface area contributed by atoms with E-state index in [1.165, 1.54) is 13.0 Å². The lowest BCUT2D eigenvalue weighted by Crippen LogP contribution is -2.13. The minimum absolute atomic E-state index is 0.0247. The summed E-state index contributed by atoms with van der Waals surface area (Å²) in [6.45, 7) is 7.22. The van der Waals surface area contributed by atoms with E-state index in [0.29, 0.717) is 5.56 Å². The molecule has 18 heavy (non-hydrogen) atoms. The smallest absolute Gasteiger partial charge is 0.270 e. The molecule has 0 saturated heterocycles. The highest BCUT2D eigenvalue weighted by molar-refractivity contribution is 5.99. The predicted octanol–water partition coefficient (Wildman–Crippen LogP) is 3.23. The Kier molecular flexibility index (Phi) is 3.74. The van der Waals surface area contributed by atoms with E-state index in [-0.39, 0.29) is 34.6 Å². The number of Topliss-reactive ketones (excluding diaryl/α,β-unsaturated/α-hetero) is 1. The Morgan fingerprint density at radius 2 is 1.94 bits per heavy atom. The lowest BCUT2D eigenvalue weighted by Gasteiger charge is -2.17. The third kappa shape index (κ3) is 3.29. The van der Waals surface area contributed by atoms with Crippen LogP contribution >= 0.6 is 0 Å². The highest BCUT2D eigenvalue weighted by atomic mass is 16.6. The second kappa shape index (κ2) is 4.76. The van der Waals surface area contributed by atoms with Gasteiger partial charge in [-0.3, -0.25) is 14.9 Å². The van der Waals surface area contributed by atoms with Crippen LogP contribution in [0.4, 0.5) is 5.69 Å². The number of non-ortho nitro benzene ring substituents is 1. The lowest BCUT2D eigenvalue weighted by atomic mass is 9.87. The molecule has 0 spiro atoms. The van der Waals surface area contributed by atoms with Crippen molar-refractivity contribution in [3.05, 3.63) is 33.4 Å². The van der Waals surface area contributed by atoms with Crippen LogP contribution in [0.15, 0.2) is 12.1 Å². The number of ketones is 1. The monoisotopic (exact) mass is 251 g/mol. The molecule has 0 aliphatic heterocycles. The minimum Gasteiger partial charge on any atom is -0.507 e. The van der Waals surface area contributed by atoms with E-state index < -0.39 is 4.92 Å². The summed E-state index contributed by atoms with van der Waals surface area (Å²) in [5.41, 5.74) is -0.0529. The van der Waals surface area contributed by atoms with Crippen molar-refractivity contribution in [2.24, 2.45) is 5.41 Å². The van der Waals surface area contributed by atoms with Gasteiger partial charge in [-0.1, -0.05) is 20.8 Å². The third-order valence-corrected chi connectivity index (χ3v) is 2.49. The summed E-state index contributed by atoms with van der Waals surface area (Å²) in [5, 5.41) is 20.6. The molecular weight excluding hydrogens is 234 g/mol. The molecular formula is C13H17NO4. The van der Waals surface area contributed by atoms with Crippen LogP contribution in [0.2, 0.25) is 0 Å². The number of nitro groups is 1. The van der Waals surface area contributed by atoms with Gasteiger partial charge in [0.15, 0.2) is 5.78 Å². The summed E-state index contributed by atoms with van der Waals surface area (Å²) < 4.78 is 0. The first-order valence-corrected chi connectivity index (χ1v) is 5.63. The van der Waals surface area contributed by atoms with Crippen LogP contribution in [0.5, 0.6) is 5.75 Å². The molecule has 0 unspecified atom stereocenters. The summed E-state index contributed by atoms with van der Waals surface area (Å²) in [7, 11) is 0. The molecule has 1 N–H and O–H groups in total. The van der Waals surface area contributed by atoms with Gasteiger partial charge < -0.3 is 5.11 Å². The fourth-order valence-electron chi connectivity index (χ4n) is 1.66. The van der Waals surface area contributed by atoms with Gasteiger partial charge in [-0.2, -0.15) is 0 Å². The van der Waals surface area contributed by atoms with E-state index in [0.717, 1.165) is 6.07 Å². The minimum atomic E-state index is -0.569. The van der Waals surface area contributed by atoms with E-state index in [9.17, 15) is 20.0 Å². The van der Waals surface area contributed by atoms with Gasteiger partial charge in [-0.05, 0) is 17.9 Å². The first kappa shape index (κ1) is 14.2. The molecule has 1 aromatic rings. The molecule has 0 bridgehead atoms. The number of hydrogen-bond acceptors (Lipinski definition) is 4. The molecule has 0 heterocycles. The summed E-state index contributed by atoms with van der Waals surface area (Å²) in [6, 6.07) is 2.39. The van der Waals surface area contributed by atoms with Gasteiger partial charge in [0.25, 0.3) is 5.69 Å². The summed E-state index contributed by atoms with van der Waals surface area (Å²) in [6.07, 6.45) is 0.223. The Labute approximate surface area is 106 Å². The molecule has 98 valence electrons. The Morgan fingerprint density at radius 1 is 1.39 bits per heavy atom. The number of aryl methyl sites for hydroxylation is 1. The number of nitro benzene ring substituents is 1. The van der Waals surface area contributed by atoms with Crippen molar-refractivity contribution in [2.45, 2.75) is 34.1 Å². The van der Waals surface area contributed by atoms with Gasteiger partial charge in [0, 0.05) is 18.6 Å². The molecule has 1 rings (SSSR count). The van der Waals surface area contributed by atoms with Gasteiger partial charge in [-0.25, -0.2) is 0 Å². The van der Waals surface area contributed by atoms with Crippen molar-refractivity contribution >= 4 is 11.5 Å². The number of carbonyl (C=O) groups excluding carboxylic acids is 1. The summed E-state index contributed by atoms with van der Waals surface area (Å²) in [5.74, 6) is -0.457. The summed E-state index contributed by atoms with van der Waals surface area (Å²) in [4.78, 5) is 22.2. The van der Waals surface area contributed by atoms with Crippen LogP contribution < -0.4 is 0 Å². The van der Waals surface area contributed by atoms with Crippen LogP contribution in [0.25, 0.3) is 0 Å². The molecule has 0 aliphatic rings. The third-order valence-electron chi connectivity index (χ3n) is 2.49. The van der Waals surface area contributed by atoms with E-state index in [4.69, 9.17) is 0 Å². The second-order valence-electron chi connectivity index (χ2n) is 5.58. The lowest BCUT2D eigenvalue weighted by molar-refractivity contribution is -0.384.